The molecule has 1 saturated heterocycles. The van der Waals surface area contributed by atoms with Crippen LogP contribution >= 0.6 is 0 Å². The lowest BCUT2D eigenvalue weighted by molar-refractivity contribution is 0.355. The van der Waals surface area contributed by atoms with Crippen LogP contribution in [0.1, 0.15) is 30.9 Å². The van der Waals surface area contributed by atoms with Gasteiger partial charge in [-0.2, -0.15) is 17.0 Å². The molecule has 1 aliphatic rings. The third-order valence-electron chi connectivity index (χ3n) is 4.23. The first-order chi connectivity index (χ1) is 10.2. The van der Waals surface area contributed by atoms with E-state index >= 15 is 0 Å². The molecule has 2 rings (SSSR count). The lowest BCUT2D eigenvalue weighted by atomic mass is 9.97. The molecule has 0 unspecified atom stereocenters. The number of benzene rings is 1. The monoisotopic (exact) mass is 325 g/mol. The fourth-order valence-corrected chi connectivity index (χ4v) is 4.04. The van der Waals surface area contributed by atoms with E-state index in [0.29, 0.717) is 19.0 Å². The summed E-state index contributed by atoms with van der Waals surface area (Å²) >= 11 is 0. The third kappa shape index (κ3) is 3.29. The van der Waals surface area contributed by atoms with Gasteiger partial charge >= 0.3 is 0 Å². The molecule has 6 heteroatoms. The predicted molar refractivity (Wildman–Crippen MR) is 91.7 cm³/mol. The number of aryl methyl sites for hydroxylation is 1. The minimum absolute atomic E-state index is 0.457. The number of anilines is 1. The highest BCUT2D eigenvalue weighted by Gasteiger charge is 2.29. The van der Waals surface area contributed by atoms with Gasteiger partial charge in [-0.05, 0) is 24.0 Å². The van der Waals surface area contributed by atoms with Crippen LogP contribution < -0.4 is 4.90 Å². The topological polar surface area (TPSA) is 43.9 Å². The van der Waals surface area contributed by atoms with Crippen molar-refractivity contribution in [2.24, 2.45) is 0 Å². The first kappa shape index (κ1) is 17.2. The van der Waals surface area contributed by atoms with Gasteiger partial charge in [0, 0.05) is 46.0 Å². The quantitative estimate of drug-likeness (QED) is 0.851. The van der Waals surface area contributed by atoms with Crippen molar-refractivity contribution in [1.82, 2.24) is 8.61 Å². The van der Waals surface area contributed by atoms with Gasteiger partial charge in [0.2, 0.25) is 0 Å². The Morgan fingerprint density at radius 3 is 2.18 bits per heavy atom. The molecule has 0 aliphatic carbocycles. The van der Waals surface area contributed by atoms with Crippen molar-refractivity contribution in [2.75, 3.05) is 45.2 Å². The lowest BCUT2D eigenvalue weighted by Gasteiger charge is -2.38. The summed E-state index contributed by atoms with van der Waals surface area (Å²) in [6.45, 7) is 9.06. The standard InChI is InChI=1S/C16H27N3O2S/c1-13(2)15-8-6-7-14(3)16(15)18-9-11-19(12-10-18)22(20,21)17(4)5/h6-8,13H,9-12H2,1-5H3. The van der Waals surface area contributed by atoms with Crippen molar-refractivity contribution in [3.8, 4) is 0 Å². The van der Waals surface area contributed by atoms with Crippen LogP contribution in [-0.4, -0.2) is 57.3 Å². The van der Waals surface area contributed by atoms with Crippen molar-refractivity contribution in [1.29, 1.82) is 0 Å². The van der Waals surface area contributed by atoms with E-state index in [4.69, 9.17) is 0 Å². The van der Waals surface area contributed by atoms with Gasteiger partial charge < -0.3 is 4.90 Å². The van der Waals surface area contributed by atoms with E-state index in [2.05, 4.69) is 43.9 Å². The van der Waals surface area contributed by atoms with E-state index in [0.717, 1.165) is 13.1 Å². The largest absolute Gasteiger partial charge is 0.368 e. The maximum Gasteiger partial charge on any atom is 0.281 e. The summed E-state index contributed by atoms with van der Waals surface area (Å²) in [5.74, 6) is 0.457. The molecular weight excluding hydrogens is 298 g/mol. The highest BCUT2D eigenvalue weighted by Crippen LogP contribution is 2.31. The van der Waals surface area contributed by atoms with Crippen molar-refractivity contribution < 1.29 is 8.42 Å². The van der Waals surface area contributed by atoms with Gasteiger partial charge in [0.25, 0.3) is 10.2 Å². The van der Waals surface area contributed by atoms with Crippen LogP contribution in [-0.2, 0) is 10.2 Å². The molecule has 0 radical (unpaired) electrons. The van der Waals surface area contributed by atoms with Gasteiger partial charge in [-0.1, -0.05) is 32.0 Å². The minimum Gasteiger partial charge on any atom is -0.368 e. The number of rotatable bonds is 4. The van der Waals surface area contributed by atoms with E-state index in [1.807, 2.05) is 0 Å². The predicted octanol–water partition coefficient (Wildman–Crippen LogP) is 2.05. The number of piperazine rings is 1. The molecule has 5 nitrogen and oxygen atoms in total. The summed E-state index contributed by atoms with van der Waals surface area (Å²) in [5, 5.41) is 0. The van der Waals surface area contributed by atoms with E-state index in [-0.39, 0.29) is 0 Å². The number of hydrogen-bond donors (Lipinski definition) is 0. The Balaban J connectivity index is 2.20. The van der Waals surface area contributed by atoms with Crippen LogP contribution in [0.2, 0.25) is 0 Å². The molecule has 22 heavy (non-hydrogen) atoms. The Morgan fingerprint density at radius 1 is 1.09 bits per heavy atom. The zero-order chi connectivity index (χ0) is 16.5. The summed E-state index contributed by atoms with van der Waals surface area (Å²) in [5.41, 5.74) is 3.87. The molecule has 0 bridgehead atoms. The molecular formula is C16H27N3O2S. The average molecular weight is 325 g/mol. The summed E-state index contributed by atoms with van der Waals surface area (Å²) < 4.78 is 27.3. The molecule has 1 heterocycles. The van der Waals surface area contributed by atoms with Gasteiger partial charge in [0.1, 0.15) is 0 Å². The fraction of sp³-hybridized carbons (Fsp3) is 0.625. The summed E-state index contributed by atoms with van der Waals surface area (Å²) in [6.07, 6.45) is 0. The molecule has 1 aromatic carbocycles. The highest BCUT2D eigenvalue weighted by molar-refractivity contribution is 7.86. The second kappa shape index (κ2) is 6.56. The van der Waals surface area contributed by atoms with Crippen molar-refractivity contribution >= 4 is 15.9 Å². The van der Waals surface area contributed by atoms with Crippen LogP contribution in [0, 0.1) is 6.92 Å². The first-order valence-corrected chi connectivity index (χ1v) is 9.17. The van der Waals surface area contributed by atoms with Crippen molar-refractivity contribution in [3.05, 3.63) is 29.3 Å². The van der Waals surface area contributed by atoms with Gasteiger partial charge in [-0.3, -0.25) is 0 Å². The van der Waals surface area contributed by atoms with Crippen molar-refractivity contribution in [2.45, 2.75) is 26.7 Å². The van der Waals surface area contributed by atoms with Gasteiger partial charge in [-0.25, -0.2) is 0 Å². The molecule has 0 N–H and O–H groups in total. The summed E-state index contributed by atoms with van der Waals surface area (Å²) in [6, 6.07) is 6.40. The van der Waals surface area contributed by atoms with E-state index < -0.39 is 10.2 Å². The Bertz CT molecular complexity index is 618. The second-order valence-electron chi connectivity index (χ2n) is 6.34. The Kier molecular flexibility index (Phi) is 5.14. The zero-order valence-electron chi connectivity index (χ0n) is 14.2. The SMILES string of the molecule is Cc1cccc(C(C)C)c1N1CCN(S(=O)(=O)N(C)C)CC1. The van der Waals surface area contributed by atoms with Crippen LogP contribution in [0.15, 0.2) is 18.2 Å². The third-order valence-corrected chi connectivity index (χ3v) is 6.17. The molecule has 0 spiro atoms. The number of para-hydroxylation sites is 1. The molecule has 1 fully saturated rings. The summed E-state index contributed by atoms with van der Waals surface area (Å²) in [4.78, 5) is 2.33. The molecule has 1 aliphatic heterocycles. The average Bonchev–Trinajstić information content (AvgIpc) is 2.46. The number of nitrogens with zero attached hydrogens (tertiary/aromatic N) is 3. The van der Waals surface area contributed by atoms with Crippen LogP contribution in [0.25, 0.3) is 0 Å². The van der Waals surface area contributed by atoms with Crippen LogP contribution in [0.5, 0.6) is 0 Å². The molecule has 0 atom stereocenters. The molecule has 0 amide bonds. The maximum atomic E-state index is 12.2. The van der Waals surface area contributed by atoms with Crippen LogP contribution in [0.3, 0.4) is 0 Å². The Morgan fingerprint density at radius 2 is 1.68 bits per heavy atom. The van der Waals surface area contributed by atoms with Gasteiger partial charge in [-0.15, -0.1) is 0 Å². The Labute approximate surface area is 134 Å². The summed E-state index contributed by atoms with van der Waals surface area (Å²) in [7, 11) is -0.136. The smallest absolute Gasteiger partial charge is 0.281 e. The molecule has 0 aromatic heterocycles. The van der Waals surface area contributed by atoms with Gasteiger partial charge in [0.05, 0.1) is 0 Å². The lowest BCUT2D eigenvalue weighted by Crippen LogP contribution is -2.52. The van der Waals surface area contributed by atoms with E-state index in [1.54, 1.807) is 18.4 Å². The zero-order valence-corrected chi connectivity index (χ0v) is 15.0. The second-order valence-corrected chi connectivity index (χ2v) is 8.49. The molecule has 124 valence electrons. The normalized spacial score (nSPS) is 17.5. The van der Waals surface area contributed by atoms with E-state index in [1.165, 1.54) is 21.1 Å². The van der Waals surface area contributed by atoms with Crippen LogP contribution in [0.4, 0.5) is 5.69 Å². The maximum absolute atomic E-state index is 12.2. The molecule has 0 saturated carbocycles. The fourth-order valence-electron chi connectivity index (χ4n) is 2.95. The Hall–Kier alpha value is -1.11. The van der Waals surface area contributed by atoms with Gasteiger partial charge in [0.15, 0.2) is 0 Å². The number of hydrogen-bond acceptors (Lipinski definition) is 3. The highest BCUT2D eigenvalue weighted by atomic mass is 32.2. The minimum atomic E-state index is -3.30. The molecule has 1 aromatic rings. The van der Waals surface area contributed by atoms with Crippen molar-refractivity contribution in [3.63, 3.8) is 0 Å². The van der Waals surface area contributed by atoms with E-state index in [9.17, 15) is 8.42 Å². The first-order valence-electron chi connectivity index (χ1n) is 7.77.